The van der Waals surface area contributed by atoms with E-state index in [2.05, 4.69) is 26.3 Å². The molecular weight excluding hydrogens is 240 g/mol. The van der Waals surface area contributed by atoms with Gasteiger partial charge in [-0.05, 0) is 40.5 Å². The van der Waals surface area contributed by atoms with E-state index in [4.69, 9.17) is 0 Å². The van der Waals surface area contributed by atoms with Gasteiger partial charge in [-0.25, -0.2) is 0 Å². The molecule has 0 aliphatic carbocycles. The van der Waals surface area contributed by atoms with Gasteiger partial charge < -0.3 is 0 Å². The molecule has 0 spiro atoms. The average molecular weight is 260 g/mol. The molecule has 0 aliphatic heterocycles. The third-order valence-electron chi connectivity index (χ3n) is 2.74. The van der Waals surface area contributed by atoms with Crippen LogP contribution in [-0.4, -0.2) is 0 Å². The lowest BCUT2D eigenvalue weighted by atomic mass is 10.1. The van der Waals surface area contributed by atoms with Gasteiger partial charge in [0.15, 0.2) is 0 Å². The number of benzene rings is 2. The summed E-state index contributed by atoms with van der Waals surface area (Å²) in [5.74, 6) is 0. The van der Waals surface area contributed by atoms with Crippen molar-refractivity contribution >= 4 is 24.3 Å². The fourth-order valence-corrected chi connectivity index (χ4v) is 1.65. The molecule has 0 saturated heterocycles. The lowest BCUT2D eigenvalue weighted by Gasteiger charge is -1.99. The second-order valence-electron chi connectivity index (χ2n) is 4.16. The van der Waals surface area contributed by atoms with Crippen molar-refractivity contribution < 1.29 is 0 Å². The minimum absolute atomic E-state index is 1.10. The van der Waals surface area contributed by atoms with Crippen LogP contribution < -0.4 is 0 Å². The van der Waals surface area contributed by atoms with E-state index in [0.29, 0.717) is 0 Å². The van der Waals surface area contributed by atoms with Crippen molar-refractivity contribution in [3.63, 3.8) is 0 Å². The molecule has 0 nitrogen and oxygen atoms in total. The highest BCUT2D eigenvalue weighted by Crippen LogP contribution is 2.13. The molecule has 2 rings (SSSR count). The van der Waals surface area contributed by atoms with Crippen LogP contribution in [0.4, 0.5) is 0 Å². The van der Waals surface area contributed by atoms with Crippen molar-refractivity contribution in [2.75, 3.05) is 0 Å². The Kier molecular flexibility index (Phi) is 6.56. The normalized spacial score (nSPS) is 8.80. The predicted molar refractivity (Wildman–Crippen MR) is 93.2 cm³/mol. The van der Waals surface area contributed by atoms with Gasteiger partial charge in [0.25, 0.3) is 0 Å². The van der Waals surface area contributed by atoms with Gasteiger partial charge >= 0.3 is 0 Å². The first-order chi connectivity index (χ1) is 9.73. The van der Waals surface area contributed by atoms with Gasteiger partial charge in [0, 0.05) is 0 Å². The van der Waals surface area contributed by atoms with Crippen molar-refractivity contribution in [3.05, 3.63) is 97.1 Å². The molecule has 0 heterocycles. The molecule has 0 aromatic heterocycles. The summed E-state index contributed by atoms with van der Waals surface area (Å²) in [6.07, 6.45) is 7.29. The van der Waals surface area contributed by atoms with E-state index >= 15 is 0 Å². The smallest absolute Gasteiger partial charge is 0.0251 e. The molecule has 20 heavy (non-hydrogen) atoms. The Bertz CT molecular complexity index is 524. The van der Waals surface area contributed by atoms with E-state index < -0.39 is 0 Å². The molecule has 0 unspecified atom stereocenters. The molecule has 0 radical (unpaired) electrons. The largest absolute Gasteiger partial charge is 0.0985 e. The monoisotopic (exact) mass is 260 g/mol. The molecule has 0 N–H and O–H groups in total. The van der Waals surface area contributed by atoms with Crippen molar-refractivity contribution in [2.45, 2.75) is 0 Å². The first kappa shape index (κ1) is 15.5. The zero-order valence-electron chi connectivity index (χ0n) is 11.8. The molecule has 0 atom stereocenters. The maximum atomic E-state index is 3.71. The molecule has 2 aromatic rings. The van der Waals surface area contributed by atoms with Crippen LogP contribution in [0.2, 0.25) is 0 Å². The van der Waals surface area contributed by atoms with Crippen molar-refractivity contribution in [2.24, 2.45) is 0 Å². The van der Waals surface area contributed by atoms with Gasteiger partial charge in [-0.15, -0.1) is 0 Å². The van der Waals surface area contributed by atoms with Crippen LogP contribution in [0.25, 0.3) is 24.3 Å². The van der Waals surface area contributed by atoms with E-state index in [1.807, 2.05) is 72.8 Å². The Morgan fingerprint density at radius 3 is 1.10 bits per heavy atom. The summed E-state index contributed by atoms with van der Waals surface area (Å²) < 4.78 is 0. The van der Waals surface area contributed by atoms with Gasteiger partial charge in [-0.2, -0.15) is 0 Å². The van der Waals surface area contributed by atoms with Crippen LogP contribution in [0.15, 0.2) is 74.8 Å². The third-order valence-corrected chi connectivity index (χ3v) is 2.74. The molecule has 100 valence electrons. The van der Waals surface area contributed by atoms with Crippen molar-refractivity contribution in [1.29, 1.82) is 0 Å². The molecular formula is C20H20. The van der Waals surface area contributed by atoms with Crippen LogP contribution in [0.3, 0.4) is 0 Å². The van der Waals surface area contributed by atoms with Crippen LogP contribution in [0.5, 0.6) is 0 Å². The van der Waals surface area contributed by atoms with Crippen LogP contribution in [0, 0.1) is 0 Å². The molecule has 0 saturated carbocycles. The van der Waals surface area contributed by atoms with E-state index in [-0.39, 0.29) is 0 Å². The highest BCUT2D eigenvalue weighted by molar-refractivity contribution is 5.62. The topological polar surface area (TPSA) is 0 Å². The van der Waals surface area contributed by atoms with Gasteiger partial charge in [0.1, 0.15) is 0 Å². The zero-order chi connectivity index (χ0) is 14.8. The summed E-state index contributed by atoms with van der Waals surface area (Å²) in [5, 5.41) is 0. The lowest BCUT2D eigenvalue weighted by molar-refractivity contribution is 1.59. The quantitative estimate of drug-likeness (QED) is 0.637. The summed E-state index contributed by atoms with van der Waals surface area (Å²) in [6, 6.07) is 16.1. The van der Waals surface area contributed by atoms with Crippen LogP contribution in [0.1, 0.15) is 22.3 Å². The second kappa shape index (κ2) is 8.49. The fraction of sp³-hybridized carbons (Fsp3) is 0. The molecule has 0 aliphatic rings. The predicted octanol–water partition coefficient (Wildman–Crippen LogP) is 5.95. The summed E-state index contributed by atoms with van der Waals surface area (Å²) in [4.78, 5) is 0. The summed E-state index contributed by atoms with van der Waals surface area (Å²) in [5.41, 5.74) is 4.47. The first-order valence-corrected chi connectivity index (χ1v) is 6.43. The Morgan fingerprint density at radius 2 is 0.850 bits per heavy atom. The molecule has 0 heteroatoms. The average Bonchev–Trinajstić information content (AvgIpc) is 2.55. The Labute approximate surface area is 122 Å². The highest BCUT2D eigenvalue weighted by Gasteiger charge is 1.92. The maximum Gasteiger partial charge on any atom is -0.0251 e. The van der Waals surface area contributed by atoms with E-state index in [9.17, 15) is 0 Å². The zero-order valence-corrected chi connectivity index (χ0v) is 11.8. The minimum Gasteiger partial charge on any atom is -0.0985 e. The van der Waals surface area contributed by atoms with Gasteiger partial charge in [-0.3, -0.25) is 0 Å². The molecule has 2 aromatic carbocycles. The number of hydrogen-bond acceptors (Lipinski definition) is 0. The fourth-order valence-electron chi connectivity index (χ4n) is 1.65. The van der Waals surface area contributed by atoms with Crippen LogP contribution >= 0.6 is 0 Å². The van der Waals surface area contributed by atoms with Gasteiger partial charge in [-0.1, -0.05) is 81.0 Å². The first-order valence-electron chi connectivity index (χ1n) is 6.43. The third kappa shape index (κ3) is 4.95. The van der Waals surface area contributed by atoms with Gasteiger partial charge in [0.2, 0.25) is 0 Å². The van der Waals surface area contributed by atoms with Crippen molar-refractivity contribution in [1.82, 2.24) is 0 Å². The Morgan fingerprint density at radius 1 is 0.500 bits per heavy atom. The lowest BCUT2D eigenvalue weighted by Crippen LogP contribution is -1.79. The summed E-state index contributed by atoms with van der Waals surface area (Å²) >= 11 is 0. The minimum atomic E-state index is 1.10. The molecule has 0 fully saturated rings. The summed E-state index contributed by atoms with van der Waals surface area (Å²) in [6.45, 7) is 14.8. The molecule has 0 bridgehead atoms. The van der Waals surface area contributed by atoms with E-state index in [0.717, 1.165) is 16.7 Å². The Balaban J connectivity index is 0.000000217. The van der Waals surface area contributed by atoms with Crippen LogP contribution in [-0.2, 0) is 0 Å². The van der Waals surface area contributed by atoms with E-state index in [1.165, 1.54) is 5.56 Å². The molecule has 0 amide bonds. The van der Waals surface area contributed by atoms with Crippen molar-refractivity contribution in [3.8, 4) is 0 Å². The van der Waals surface area contributed by atoms with E-state index in [1.54, 1.807) is 0 Å². The maximum absolute atomic E-state index is 3.71. The number of rotatable bonds is 4. The Hall–Kier alpha value is -2.60. The summed E-state index contributed by atoms with van der Waals surface area (Å²) in [7, 11) is 0. The number of hydrogen-bond donors (Lipinski definition) is 0. The van der Waals surface area contributed by atoms with Gasteiger partial charge in [0.05, 0.1) is 0 Å². The highest BCUT2D eigenvalue weighted by atomic mass is 14.0. The SMILES string of the molecule is C=Cc1cc(C=C)cc(C=C)c1.C=Cc1ccccc1. The second-order valence-corrected chi connectivity index (χ2v) is 4.16. The standard InChI is InChI=1S/C12H12.C8H8/c1-4-10-7-11(5-2)9-12(6-3)8-10;1-2-8-6-4-3-5-7-8/h4-9H,1-3H2;2-7H,1H2.